The Labute approximate surface area is 110 Å². The van der Waals surface area contributed by atoms with Crippen molar-refractivity contribution in [2.45, 2.75) is 25.8 Å². The first kappa shape index (κ1) is 14.4. The quantitative estimate of drug-likeness (QED) is 0.829. The largest absolute Gasteiger partial charge is 0.467 e. The zero-order valence-corrected chi connectivity index (χ0v) is 11.0. The van der Waals surface area contributed by atoms with Crippen molar-refractivity contribution in [2.24, 2.45) is 0 Å². The molecule has 1 amide bonds. The van der Waals surface area contributed by atoms with Gasteiger partial charge in [-0.15, -0.1) is 0 Å². The minimum absolute atomic E-state index is 0.245. The van der Waals surface area contributed by atoms with Gasteiger partial charge in [-0.3, -0.25) is 9.78 Å². The molecule has 0 spiro atoms. The molecule has 98 valence electrons. The third-order valence-electron chi connectivity index (χ3n) is 2.39. The second-order valence-electron chi connectivity index (χ2n) is 3.69. The molecule has 1 heterocycles. The molecule has 0 fully saturated rings. The summed E-state index contributed by atoms with van der Waals surface area (Å²) in [6.45, 7) is 1.92. The van der Waals surface area contributed by atoms with Crippen LogP contribution in [0.3, 0.4) is 0 Å². The molecule has 1 rings (SSSR count). The van der Waals surface area contributed by atoms with Gasteiger partial charge < -0.3 is 10.1 Å². The van der Waals surface area contributed by atoms with Gasteiger partial charge in [0.15, 0.2) is 0 Å². The lowest BCUT2D eigenvalue weighted by molar-refractivity contribution is -0.143. The number of carbonyl (C=O) groups excluding carboxylic acids is 2. The summed E-state index contributed by atoms with van der Waals surface area (Å²) in [7, 11) is 1.29. The summed E-state index contributed by atoms with van der Waals surface area (Å²) in [6.07, 6.45) is 4.11. The first-order valence-electron chi connectivity index (χ1n) is 5.58. The van der Waals surface area contributed by atoms with Crippen LogP contribution in [0.4, 0.5) is 0 Å². The Bertz CT molecular complexity index is 437. The van der Waals surface area contributed by atoms with Gasteiger partial charge >= 0.3 is 5.97 Å². The number of ether oxygens (including phenoxy) is 1. The summed E-state index contributed by atoms with van der Waals surface area (Å²) in [5, 5.41) is 2.85. The third kappa shape index (κ3) is 3.70. The van der Waals surface area contributed by atoms with Crippen molar-refractivity contribution < 1.29 is 14.3 Å². The van der Waals surface area contributed by atoms with Crippen LogP contribution in [0.5, 0.6) is 0 Å². The number of aromatic nitrogens is 1. The maximum Gasteiger partial charge on any atom is 0.328 e. The average Bonchev–Trinajstić information content (AvgIpc) is 2.37. The Hall–Kier alpha value is -1.62. The highest BCUT2D eigenvalue weighted by molar-refractivity contribution is 6.33. The standard InChI is InChI=1S/C12H15ClN2O3/c1-3-4-10(12(17)18-2)15-11(16)8-5-6-14-7-9(8)13/h5-7,10H,3-4H2,1-2H3,(H,15,16)/t10-/m0/s1. The first-order valence-corrected chi connectivity index (χ1v) is 5.96. The van der Waals surface area contributed by atoms with Crippen LogP contribution in [-0.2, 0) is 9.53 Å². The van der Waals surface area contributed by atoms with Crippen LogP contribution in [0.15, 0.2) is 18.5 Å². The molecule has 6 heteroatoms. The monoisotopic (exact) mass is 270 g/mol. The predicted molar refractivity (Wildman–Crippen MR) is 67.4 cm³/mol. The van der Waals surface area contributed by atoms with Crippen LogP contribution in [0.2, 0.25) is 5.02 Å². The van der Waals surface area contributed by atoms with E-state index in [1.54, 1.807) is 0 Å². The molecule has 0 radical (unpaired) electrons. The highest BCUT2D eigenvalue weighted by Crippen LogP contribution is 2.13. The highest BCUT2D eigenvalue weighted by atomic mass is 35.5. The number of hydrogen-bond donors (Lipinski definition) is 1. The number of amides is 1. The lowest BCUT2D eigenvalue weighted by Gasteiger charge is -2.15. The summed E-state index contributed by atoms with van der Waals surface area (Å²) in [5.41, 5.74) is 0.289. The third-order valence-corrected chi connectivity index (χ3v) is 2.69. The van der Waals surface area contributed by atoms with E-state index in [1.807, 2.05) is 6.92 Å². The molecule has 0 bridgehead atoms. The molecule has 1 N–H and O–H groups in total. The average molecular weight is 271 g/mol. The lowest BCUT2D eigenvalue weighted by Crippen LogP contribution is -2.41. The Kier molecular flexibility index (Phi) is 5.58. The summed E-state index contributed by atoms with van der Waals surface area (Å²) >= 11 is 5.85. The summed E-state index contributed by atoms with van der Waals surface area (Å²) < 4.78 is 4.63. The van der Waals surface area contributed by atoms with E-state index < -0.39 is 17.9 Å². The first-order chi connectivity index (χ1) is 8.60. The molecule has 0 aliphatic heterocycles. The Morgan fingerprint density at radius 2 is 2.28 bits per heavy atom. The molecule has 1 atom stereocenters. The van der Waals surface area contributed by atoms with Crippen LogP contribution >= 0.6 is 11.6 Å². The fraction of sp³-hybridized carbons (Fsp3) is 0.417. The highest BCUT2D eigenvalue weighted by Gasteiger charge is 2.22. The summed E-state index contributed by atoms with van der Waals surface area (Å²) in [6, 6.07) is 0.842. The number of hydrogen-bond acceptors (Lipinski definition) is 4. The van der Waals surface area contributed by atoms with E-state index in [0.717, 1.165) is 6.42 Å². The smallest absolute Gasteiger partial charge is 0.328 e. The molecule has 5 nitrogen and oxygen atoms in total. The number of pyridine rings is 1. The summed E-state index contributed by atoms with van der Waals surface area (Å²) in [4.78, 5) is 27.2. The van der Waals surface area contributed by atoms with Gasteiger partial charge in [0.2, 0.25) is 0 Å². The van der Waals surface area contributed by atoms with Gasteiger partial charge in [-0.2, -0.15) is 0 Å². The van der Waals surface area contributed by atoms with Crippen LogP contribution in [-0.4, -0.2) is 30.0 Å². The minimum Gasteiger partial charge on any atom is -0.467 e. The second-order valence-corrected chi connectivity index (χ2v) is 4.10. The van der Waals surface area contributed by atoms with Crippen LogP contribution in [0.25, 0.3) is 0 Å². The number of nitrogens with one attached hydrogen (secondary N) is 1. The zero-order valence-electron chi connectivity index (χ0n) is 10.3. The van der Waals surface area contributed by atoms with Gasteiger partial charge in [-0.25, -0.2) is 4.79 Å². The van der Waals surface area contributed by atoms with Crippen molar-refractivity contribution in [1.82, 2.24) is 10.3 Å². The number of halogens is 1. The van der Waals surface area contributed by atoms with Crippen molar-refractivity contribution in [1.29, 1.82) is 0 Å². The van der Waals surface area contributed by atoms with E-state index in [1.165, 1.54) is 25.6 Å². The van der Waals surface area contributed by atoms with E-state index in [4.69, 9.17) is 11.6 Å². The van der Waals surface area contributed by atoms with E-state index in [9.17, 15) is 9.59 Å². The second kappa shape index (κ2) is 6.96. The van der Waals surface area contributed by atoms with E-state index in [2.05, 4.69) is 15.0 Å². The number of nitrogens with zero attached hydrogens (tertiary/aromatic N) is 1. The SMILES string of the molecule is CCC[C@H](NC(=O)c1ccncc1Cl)C(=O)OC. The van der Waals surface area contributed by atoms with Gasteiger partial charge in [0.05, 0.1) is 17.7 Å². The topological polar surface area (TPSA) is 68.3 Å². The van der Waals surface area contributed by atoms with Gasteiger partial charge in [-0.1, -0.05) is 24.9 Å². The van der Waals surface area contributed by atoms with Crippen molar-refractivity contribution >= 4 is 23.5 Å². The zero-order chi connectivity index (χ0) is 13.5. The molecule has 0 saturated heterocycles. The Morgan fingerprint density at radius 3 is 2.83 bits per heavy atom. The molecule has 0 saturated carbocycles. The maximum atomic E-state index is 11.9. The molecule has 18 heavy (non-hydrogen) atoms. The molecule has 1 aromatic rings. The normalized spacial score (nSPS) is 11.7. The number of rotatable bonds is 5. The molecule has 0 unspecified atom stereocenters. The van der Waals surface area contributed by atoms with Gasteiger partial charge in [0.25, 0.3) is 5.91 Å². The van der Waals surface area contributed by atoms with Crippen LogP contribution in [0, 0.1) is 0 Å². The predicted octanol–water partition coefficient (Wildman–Crippen LogP) is 1.81. The molecule has 0 aromatic carbocycles. The number of methoxy groups -OCH3 is 1. The molecule has 1 aromatic heterocycles. The molecule has 0 aliphatic rings. The molecular weight excluding hydrogens is 256 g/mol. The van der Waals surface area contributed by atoms with Crippen LogP contribution < -0.4 is 5.32 Å². The Morgan fingerprint density at radius 1 is 1.56 bits per heavy atom. The van der Waals surface area contributed by atoms with E-state index >= 15 is 0 Å². The summed E-state index contributed by atoms with van der Waals surface area (Å²) in [5.74, 6) is -0.873. The van der Waals surface area contributed by atoms with Gasteiger partial charge in [0, 0.05) is 12.4 Å². The Balaban J connectivity index is 2.79. The minimum atomic E-state index is -0.656. The number of esters is 1. The van der Waals surface area contributed by atoms with E-state index in [-0.39, 0.29) is 10.6 Å². The maximum absolute atomic E-state index is 11.9. The van der Waals surface area contributed by atoms with Crippen LogP contribution in [0.1, 0.15) is 30.1 Å². The lowest BCUT2D eigenvalue weighted by atomic mass is 10.1. The van der Waals surface area contributed by atoms with Crippen molar-refractivity contribution in [3.8, 4) is 0 Å². The fourth-order valence-corrected chi connectivity index (χ4v) is 1.68. The number of carbonyl (C=O) groups is 2. The fourth-order valence-electron chi connectivity index (χ4n) is 1.48. The molecule has 0 aliphatic carbocycles. The van der Waals surface area contributed by atoms with Crippen molar-refractivity contribution in [3.63, 3.8) is 0 Å². The van der Waals surface area contributed by atoms with Crippen molar-refractivity contribution in [3.05, 3.63) is 29.0 Å². The van der Waals surface area contributed by atoms with E-state index in [0.29, 0.717) is 6.42 Å². The van der Waals surface area contributed by atoms with Gasteiger partial charge in [-0.05, 0) is 12.5 Å². The van der Waals surface area contributed by atoms with Gasteiger partial charge in [0.1, 0.15) is 6.04 Å². The van der Waals surface area contributed by atoms with Crippen molar-refractivity contribution in [2.75, 3.05) is 7.11 Å². The molecular formula is C12H15ClN2O3.